The molecule has 1 saturated heterocycles. The summed E-state index contributed by atoms with van der Waals surface area (Å²) >= 11 is 0. The van der Waals surface area contributed by atoms with Gasteiger partial charge in [0.25, 0.3) is 0 Å². The fourth-order valence-corrected chi connectivity index (χ4v) is 3.08. The third kappa shape index (κ3) is 3.13. The molecule has 122 valence electrons. The molecule has 0 bridgehead atoms. The summed E-state index contributed by atoms with van der Waals surface area (Å²) in [6, 6.07) is 5.58. The molecule has 2 amide bonds. The van der Waals surface area contributed by atoms with Gasteiger partial charge < -0.3 is 14.8 Å². The van der Waals surface area contributed by atoms with Gasteiger partial charge in [-0.15, -0.1) is 0 Å². The molecule has 0 saturated carbocycles. The molecular formula is C16H21N5O2. The predicted molar refractivity (Wildman–Crippen MR) is 85.6 cm³/mol. The molecule has 1 atom stereocenters. The van der Waals surface area contributed by atoms with E-state index in [-0.39, 0.29) is 6.04 Å². The summed E-state index contributed by atoms with van der Waals surface area (Å²) in [5.41, 5.74) is 1.06. The molecule has 0 radical (unpaired) electrons. The first kappa shape index (κ1) is 15.3. The van der Waals surface area contributed by atoms with Crippen molar-refractivity contribution in [2.45, 2.75) is 25.3 Å². The van der Waals surface area contributed by atoms with Gasteiger partial charge in [0.15, 0.2) is 5.82 Å². The number of aryl methyl sites for hydroxylation is 2. The third-order valence-corrected chi connectivity index (χ3v) is 4.24. The van der Waals surface area contributed by atoms with Crippen molar-refractivity contribution in [3.8, 4) is 0 Å². The van der Waals surface area contributed by atoms with E-state index in [0.717, 1.165) is 25.0 Å². The highest BCUT2D eigenvalue weighted by atomic mass is 16.2. The average molecular weight is 315 g/mol. The largest absolute Gasteiger partial charge is 0.353 e. The van der Waals surface area contributed by atoms with Gasteiger partial charge in [0.05, 0.1) is 6.04 Å². The van der Waals surface area contributed by atoms with E-state index in [4.69, 9.17) is 0 Å². The number of amides is 2. The number of carbonyl (C=O) groups is 2. The number of piperidine rings is 1. The van der Waals surface area contributed by atoms with Gasteiger partial charge in [0, 0.05) is 44.8 Å². The van der Waals surface area contributed by atoms with Crippen LogP contribution in [0.2, 0.25) is 0 Å². The van der Waals surface area contributed by atoms with Crippen molar-refractivity contribution in [3.05, 3.63) is 36.3 Å². The van der Waals surface area contributed by atoms with Gasteiger partial charge in [-0.3, -0.25) is 14.3 Å². The topological polar surface area (TPSA) is 72.2 Å². The Morgan fingerprint density at radius 3 is 2.70 bits per heavy atom. The molecule has 1 aliphatic heterocycles. The van der Waals surface area contributed by atoms with E-state index in [1.165, 1.54) is 0 Å². The van der Waals surface area contributed by atoms with Gasteiger partial charge in [-0.2, -0.15) is 5.10 Å². The summed E-state index contributed by atoms with van der Waals surface area (Å²) in [5.74, 6) is -0.746. The lowest BCUT2D eigenvalue weighted by Gasteiger charge is -2.35. The molecule has 2 aromatic heterocycles. The SMILES string of the molecule is Cn1ccc(NC(=O)C(=O)N2CCCC[C@H]2c2cccn2C)n1. The van der Waals surface area contributed by atoms with E-state index in [2.05, 4.69) is 10.4 Å². The normalized spacial score (nSPS) is 18.0. The Hall–Kier alpha value is -2.57. The number of carbonyl (C=O) groups excluding carboxylic acids is 2. The Morgan fingerprint density at radius 1 is 1.22 bits per heavy atom. The minimum absolute atomic E-state index is 0.0502. The molecule has 0 spiro atoms. The van der Waals surface area contributed by atoms with Crippen LogP contribution in [-0.2, 0) is 23.7 Å². The standard InChI is InChI=1S/C16H21N5O2/c1-19-9-5-7-12(19)13-6-3-4-10-21(13)16(23)15(22)17-14-8-11-20(2)18-14/h5,7-9,11,13H,3-4,6,10H2,1-2H3,(H,17,18,22)/t13-/m0/s1. The van der Waals surface area contributed by atoms with E-state index >= 15 is 0 Å². The van der Waals surface area contributed by atoms with Gasteiger partial charge >= 0.3 is 11.8 Å². The van der Waals surface area contributed by atoms with Gasteiger partial charge in [-0.25, -0.2) is 0 Å². The van der Waals surface area contributed by atoms with Crippen LogP contribution in [0.5, 0.6) is 0 Å². The van der Waals surface area contributed by atoms with Crippen LogP contribution in [0.25, 0.3) is 0 Å². The van der Waals surface area contributed by atoms with Crippen molar-refractivity contribution in [2.75, 3.05) is 11.9 Å². The summed E-state index contributed by atoms with van der Waals surface area (Å²) in [6.45, 7) is 0.602. The van der Waals surface area contributed by atoms with Crippen LogP contribution in [0.1, 0.15) is 31.0 Å². The third-order valence-electron chi connectivity index (χ3n) is 4.24. The second kappa shape index (κ2) is 6.28. The second-order valence-electron chi connectivity index (χ2n) is 5.88. The average Bonchev–Trinajstić information content (AvgIpc) is 3.15. The molecule has 0 unspecified atom stereocenters. The number of hydrogen-bond donors (Lipinski definition) is 1. The number of rotatable bonds is 2. The first-order valence-corrected chi connectivity index (χ1v) is 7.79. The first-order valence-electron chi connectivity index (χ1n) is 7.79. The molecule has 7 nitrogen and oxygen atoms in total. The molecule has 2 aromatic rings. The smallest absolute Gasteiger partial charge is 0.315 e. The van der Waals surface area contributed by atoms with Crippen LogP contribution in [0.4, 0.5) is 5.82 Å². The van der Waals surface area contributed by atoms with Crippen LogP contribution < -0.4 is 5.32 Å². The summed E-state index contributed by atoms with van der Waals surface area (Å²) < 4.78 is 3.58. The van der Waals surface area contributed by atoms with Crippen molar-refractivity contribution in [3.63, 3.8) is 0 Å². The minimum Gasteiger partial charge on any atom is -0.353 e. The summed E-state index contributed by atoms with van der Waals surface area (Å²) in [4.78, 5) is 26.5. The maximum atomic E-state index is 12.6. The summed E-state index contributed by atoms with van der Waals surface area (Å²) in [5, 5.41) is 6.64. The zero-order valence-electron chi connectivity index (χ0n) is 13.4. The van der Waals surface area contributed by atoms with Crippen molar-refractivity contribution in [1.82, 2.24) is 19.2 Å². The first-order chi connectivity index (χ1) is 11.1. The summed E-state index contributed by atoms with van der Waals surface area (Å²) in [6.07, 6.45) is 6.53. The number of likely N-dealkylation sites (tertiary alicyclic amines) is 1. The molecular weight excluding hydrogens is 294 g/mol. The predicted octanol–water partition coefficient (Wildman–Crippen LogP) is 1.45. The molecule has 1 fully saturated rings. The monoisotopic (exact) mass is 315 g/mol. The Morgan fingerprint density at radius 2 is 2.04 bits per heavy atom. The Bertz CT molecular complexity index is 718. The van der Waals surface area contributed by atoms with Gasteiger partial charge in [-0.1, -0.05) is 0 Å². The van der Waals surface area contributed by atoms with E-state index in [9.17, 15) is 9.59 Å². The highest BCUT2D eigenvalue weighted by molar-refractivity contribution is 6.39. The maximum Gasteiger partial charge on any atom is 0.315 e. The molecule has 3 heterocycles. The van der Waals surface area contributed by atoms with Crippen LogP contribution in [0, 0.1) is 0 Å². The molecule has 0 aromatic carbocycles. The number of hydrogen-bond acceptors (Lipinski definition) is 3. The molecule has 1 N–H and O–H groups in total. The number of aromatic nitrogens is 3. The van der Waals surface area contributed by atoms with E-state index in [1.807, 2.05) is 29.9 Å². The maximum absolute atomic E-state index is 12.6. The zero-order valence-corrected chi connectivity index (χ0v) is 13.4. The molecule has 7 heteroatoms. The zero-order chi connectivity index (χ0) is 16.4. The Balaban J connectivity index is 1.76. The number of nitrogens with one attached hydrogen (secondary N) is 1. The lowest BCUT2D eigenvalue weighted by molar-refractivity contribution is -0.146. The highest BCUT2D eigenvalue weighted by Gasteiger charge is 2.33. The fourth-order valence-electron chi connectivity index (χ4n) is 3.08. The lowest BCUT2D eigenvalue weighted by Crippen LogP contribution is -2.44. The Labute approximate surface area is 134 Å². The number of nitrogens with zero attached hydrogens (tertiary/aromatic N) is 4. The molecule has 1 aliphatic rings. The van der Waals surface area contributed by atoms with Gasteiger partial charge in [-0.05, 0) is 31.4 Å². The molecule has 3 rings (SSSR count). The van der Waals surface area contributed by atoms with E-state index < -0.39 is 11.8 Å². The fraction of sp³-hybridized carbons (Fsp3) is 0.438. The van der Waals surface area contributed by atoms with Crippen molar-refractivity contribution < 1.29 is 9.59 Å². The molecule has 0 aliphatic carbocycles. The van der Waals surface area contributed by atoms with Crippen molar-refractivity contribution in [1.29, 1.82) is 0 Å². The van der Waals surface area contributed by atoms with Crippen molar-refractivity contribution >= 4 is 17.6 Å². The quantitative estimate of drug-likeness (QED) is 0.853. The van der Waals surface area contributed by atoms with E-state index in [1.54, 1.807) is 28.9 Å². The highest BCUT2D eigenvalue weighted by Crippen LogP contribution is 2.31. The van der Waals surface area contributed by atoms with Crippen molar-refractivity contribution in [2.24, 2.45) is 14.1 Å². The number of anilines is 1. The van der Waals surface area contributed by atoms with Crippen LogP contribution in [0.15, 0.2) is 30.6 Å². The minimum atomic E-state index is -0.634. The lowest BCUT2D eigenvalue weighted by atomic mass is 9.99. The van der Waals surface area contributed by atoms with Gasteiger partial charge in [0.1, 0.15) is 0 Å². The Kier molecular flexibility index (Phi) is 4.18. The van der Waals surface area contributed by atoms with Crippen LogP contribution in [-0.4, -0.2) is 37.6 Å². The van der Waals surface area contributed by atoms with Crippen LogP contribution in [0.3, 0.4) is 0 Å². The summed E-state index contributed by atoms with van der Waals surface area (Å²) in [7, 11) is 3.72. The van der Waals surface area contributed by atoms with Crippen LogP contribution >= 0.6 is 0 Å². The van der Waals surface area contributed by atoms with Gasteiger partial charge in [0.2, 0.25) is 0 Å². The van der Waals surface area contributed by atoms with E-state index in [0.29, 0.717) is 12.4 Å². The molecule has 23 heavy (non-hydrogen) atoms. The second-order valence-corrected chi connectivity index (χ2v) is 5.88.